The predicted octanol–water partition coefficient (Wildman–Crippen LogP) is 3.22. The average Bonchev–Trinajstić information content (AvgIpc) is 3.11. The van der Waals surface area contributed by atoms with Gasteiger partial charge in [0.1, 0.15) is 11.6 Å². The lowest BCUT2D eigenvalue weighted by Gasteiger charge is -2.43. The van der Waals surface area contributed by atoms with Crippen LogP contribution < -0.4 is 10.5 Å². The lowest BCUT2D eigenvalue weighted by atomic mass is 9.82. The third-order valence-corrected chi connectivity index (χ3v) is 6.44. The molecule has 0 aliphatic carbocycles. The molecule has 1 aromatic heterocycles. The lowest BCUT2D eigenvalue weighted by molar-refractivity contribution is 0.00698. The van der Waals surface area contributed by atoms with E-state index in [9.17, 15) is 10.4 Å². The van der Waals surface area contributed by atoms with Crippen molar-refractivity contribution >= 4 is 18.4 Å². The van der Waals surface area contributed by atoms with Crippen LogP contribution in [0, 0.1) is 25.2 Å². The quantitative estimate of drug-likeness (QED) is 0.420. The van der Waals surface area contributed by atoms with Crippen LogP contribution in [0.2, 0.25) is 0 Å². The highest BCUT2D eigenvalue weighted by Crippen LogP contribution is 2.43. The second-order valence-electron chi connectivity index (χ2n) is 9.82. The number of nitriles is 1. The number of aliphatic imine (C=N–C) groups is 2. The fourth-order valence-corrected chi connectivity index (χ4v) is 4.94. The Hall–Kier alpha value is -3.22. The van der Waals surface area contributed by atoms with Gasteiger partial charge in [0.2, 0.25) is 0 Å². The van der Waals surface area contributed by atoms with E-state index in [1.165, 1.54) is 0 Å². The minimum Gasteiger partial charge on any atom is -0.493 e. The number of nitrogens with two attached hydrogens (primary N) is 1. The number of benzene rings is 1. The van der Waals surface area contributed by atoms with Crippen molar-refractivity contribution in [3.63, 3.8) is 0 Å². The van der Waals surface area contributed by atoms with Crippen molar-refractivity contribution in [1.82, 2.24) is 14.7 Å². The maximum Gasteiger partial charge on any atom is 0.161 e. The summed E-state index contributed by atoms with van der Waals surface area (Å²) in [5.74, 6) is 1.75. The number of nitrogens with zero attached hydrogens (tertiary/aromatic N) is 6. The largest absolute Gasteiger partial charge is 0.493 e. The van der Waals surface area contributed by atoms with Gasteiger partial charge in [0.05, 0.1) is 41.1 Å². The first-order valence-corrected chi connectivity index (χ1v) is 11.9. The van der Waals surface area contributed by atoms with Crippen molar-refractivity contribution in [2.75, 3.05) is 33.3 Å². The Morgan fingerprint density at radius 1 is 1.43 bits per heavy atom. The zero-order valence-corrected chi connectivity index (χ0v) is 21.9. The number of aryl methyl sites for hydroxylation is 2. The lowest BCUT2D eigenvalue weighted by Crippen LogP contribution is -2.51. The topological polar surface area (TPSA) is 125 Å². The van der Waals surface area contributed by atoms with Gasteiger partial charge >= 0.3 is 0 Å². The molecule has 1 atom stereocenters. The van der Waals surface area contributed by atoms with E-state index in [2.05, 4.69) is 27.7 Å². The van der Waals surface area contributed by atoms with Crippen molar-refractivity contribution in [3.05, 3.63) is 39.6 Å². The molecule has 188 valence electrons. The molecule has 1 unspecified atom stereocenters. The van der Waals surface area contributed by atoms with Crippen LogP contribution in [0.1, 0.15) is 73.2 Å². The highest BCUT2D eigenvalue weighted by molar-refractivity contribution is 6.02. The number of hydrogen-bond donors (Lipinski definition) is 2. The van der Waals surface area contributed by atoms with Crippen LogP contribution in [0.25, 0.3) is 0 Å². The van der Waals surface area contributed by atoms with Gasteiger partial charge in [-0.25, -0.2) is 9.67 Å². The number of aliphatic hydroxyl groups is 1. The van der Waals surface area contributed by atoms with Crippen LogP contribution in [0.15, 0.2) is 16.1 Å². The molecule has 3 rings (SSSR count). The summed E-state index contributed by atoms with van der Waals surface area (Å²) < 4.78 is 8.02. The Bertz CT molecular complexity index is 1180. The van der Waals surface area contributed by atoms with Crippen LogP contribution in [0.4, 0.5) is 5.82 Å². The monoisotopic (exact) mass is 479 g/mol. The fraction of sp³-hybridized carbons (Fsp3) is 0.538. The molecule has 9 heteroatoms. The number of aromatic nitrogens is 2. The van der Waals surface area contributed by atoms with Gasteiger partial charge < -0.3 is 15.6 Å². The van der Waals surface area contributed by atoms with Crippen LogP contribution in [0.3, 0.4) is 0 Å². The normalized spacial score (nSPS) is 16.0. The van der Waals surface area contributed by atoms with Crippen LogP contribution in [0.5, 0.6) is 5.75 Å². The molecule has 35 heavy (non-hydrogen) atoms. The smallest absolute Gasteiger partial charge is 0.161 e. The third kappa shape index (κ3) is 5.09. The number of rotatable bonds is 9. The molecule has 1 saturated heterocycles. The van der Waals surface area contributed by atoms with Gasteiger partial charge in [-0.1, -0.05) is 0 Å². The third-order valence-electron chi connectivity index (χ3n) is 6.44. The Morgan fingerprint density at radius 2 is 2.09 bits per heavy atom. The van der Waals surface area contributed by atoms with Crippen LogP contribution >= 0.6 is 0 Å². The molecule has 2 aromatic rings. The summed E-state index contributed by atoms with van der Waals surface area (Å²) in [4.78, 5) is 10.5. The molecule has 0 bridgehead atoms. The summed E-state index contributed by atoms with van der Waals surface area (Å²) >= 11 is 0. The Balaban J connectivity index is 2.14. The Labute approximate surface area is 207 Å². The standard InChI is InChI=1S/C26H37N7O2/c1-9-35-23-19(17(4)33-25(30-8)21(16(3)31-33)24(28)29-7)10-15(2)20(11-27)22(23)18-12-32(13-18)14-26(5,6)34/h10,17-18,34H,8-9,12-14H2,1-7H3,(H2,28,29). The summed E-state index contributed by atoms with van der Waals surface area (Å²) in [5.41, 5.74) is 10.1. The average molecular weight is 480 g/mol. The zero-order valence-electron chi connectivity index (χ0n) is 21.9. The summed E-state index contributed by atoms with van der Waals surface area (Å²) in [6.07, 6.45) is 0. The second kappa shape index (κ2) is 10.2. The van der Waals surface area contributed by atoms with E-state index >= 15 is 0 Å². The van der Waals surface area contributed by atoms with E-state index in [-0.39, 0.29) is 12.0 Å². The van der Waals surface area contributed by atoms with E-state index in [0.717, 1.165) is 35.5 Å². The first-order chi connectivity index (χ1) is 16.5. The number of hydrogen-bond acceptors (Lipinski definition) is 7. The number of likely N-dealkylation sites (tertiary alicyclic amines) is 1. The molecule has 1 aliphatic rings. The minimum atomic E-state index is -0.772. The predicted molar refractivity (Wildman–Crippen MR) is 139 cm³/mol. The first-order valence-electron chi connectivity index (χ1n) is 11.9. The van der Waals surface area contributed by atoms with Crippen molar-refractivity contribution in [2.24, 2.45) is 15.7 Å². The van der Waals surface area contributed by atoms with Gasteiger partial charge in [0.15, 0.2) is 5.82 Å². The van der Waals surface area contributed by atoms with E-state index in [4.69, 9.17) is 15.6 Å². The molecule has 2 heterocycles. The first kappa shape index (κ1) is 26.4. The fourth-order valence-electron chi connectivity index (χ4n) is 4.94. The molecule has 1 aliphatic heterocycles. The Kier molecular flexibility index (Phi) is 7.68. The second-order valence-corrected chi connectivity index (χ2v) is 9.82. The van der Waals surface area contributed by atoms with Gasteiger partial charge in [0, 0.05) is 43.7 Å². The molecule has 9 nitrogen and oxygen atoms in total. The molecular weight excluding hydrogens is 442 g/mol. The molecule has 0 radical (unpaired) electrons. The zero-order chi connectivity index (χ0) is 26.1. The minimum absolute atomic E-state index is 0.134. The van der Waals surface area contributed by atoms with Crippen molar-refractivity contribution in [2.45, 2.75) is 59.1 Å². The van der Waals surface area contributed by atoms with E-state index in [1.54, 1.807) is 25.6 Å². The number of ether oxygens (including phenoxy) is 1. The van der Waals surface area contributed by atoms with E-state index in [0.29, 0.717) is 41.6 Å². The molecule has 0 spiro atoms. The van der Waals surface area contributed by atoms with Crippen molar-refractivity contribution < 1.29 is 9.84 Å². The maximum atomic E-state index is 10.2. The summed E-state index contributed by atoms with van der Waals surface area (Å²) in [6.45, 7) is 17.7. The summed E-state index contributed by atoms with van der Waals surface area (Å²) in [5, 5.41) is 25.0. The van der Waals surface area contributed by atoms with E-state index in [1.807, 2.05) is 33.8 Å². The van der Waals surface area contributed by atoms with E-state index < -0.39 is 5.60 Å². The highest BCUT2D eigenvalue weighted by Gasteiger charge is 2.37. The molecule has 1 fully saturated rings. The molecule has 0 amide bonds. The highest BCUT2D eigenvalue weighted by atomic mass is 16.5. The number of β-amino-alcohol motifs (C(OH)–C–C–N with tert-alkyl or cyclic N) is 1. The van der Waals surface area contributed by atoms with Crippen molar-refractivity contribution in [3.8, 4) is 11.8 Å². The van der Waals surface area contributed by atoms with Gasteiger partial charge in [-0.3, -0.25) is 9.89 Å². The number of amidine groups is 1. The van der Waals surface area contributed by atoms with Crippen LogP contribution in [-0.4, -0.2) is 71.2 Å². The van der Waals surface area contributed by atoms with Crippen molar-refractivity contribution in [1.29, 1.82) is 5.26 Å². The molecule has 3 N–H and O–H groups in total. The SMILES string of the molecule is C=Nc1c(C(N)=NC)c(C)nn1C(C)c1cc(C)c(C#N)c(C2CN(CC(C)(C)O)C2)c1OCC. The van der Waals surface area contributed by atoms with Gasteiger partial charge in [-0.2, -0.15) is 10.4 Å². The molecule has 1 aromatic carbocycles. The molecule has 0 saturated carbocycles. The van der Waals surface area contributed by atoms with Gasteiger partial charge in [-0.05, 0) is 59.9 Å². The summed E-state index contributed by atoms with van der Waals surface area (Å²) in [7, 11) is 1.63. The van der Waals surface area contributed by atoms with Gasteiger partial charge in [0.25, 0.3) is 0 Å². The Morgan fingerprint density at radius 3 is 2.60 bits per heavy atom. The molecular formula is C26H37N7O2. The summed E-state index contributed by atoms with van der Waals surface area (Å²) in [6, 6.07) is 4.16. The van der Waals surface area contributed by atoms with Crippen LogP contribution in [-0.2, 0) is 0 Å². The maximum absolute atomic E-state index is 10.2. The van der Waals surface area contributed by atoms with Gasteiger partial charge in [-0.15, -0.1) is 0 Å².